The minimum atomic E-state index is -1.19. The van der Waals surface area contributed by atoms with Crippen molar-refractivity contribution in [1.82, 2.24) is 0 Å². The smallest absolute Gasteiger partial charge is 0.137 e. The summed E-state index contributed by atoms with van der Waals surface area (Å²) in [5, 5.41) is 0. The number of halogens is 1. The van der Waals surface area contributed by atoms with Gasteiger partial charge >= 0.3 is 0 Å². The molecule has 1 aromatic carbocycles. The van der Waals surface area contributed by atoms with Crippen molar-refractivity contribution in [2.24, 2.45) is 5.73 Å². The third-order valence-electron chi connectivity index (χ3n) is 3.59. The first kappa shape index (κ1) is 11.6. The van der Waals surface area contributed by atoms with Crippen molar-refractivity contribution in [1.29, 1.82) is 0 Å². The van der Waals surface area contributed by atoms with Crippen molar-refractivity contribution >= 4 is 0 Å². The summed E-state index contributed by atoms with van der Waals surface area (Å²) in [6.45, 7) is 2.09. The number of hydrogen-bond acceptors (Lipinski definition) is 1. The van der Waals surface area contributed by atoms with Gasteiger partial charge in [0.15, 0.2) is 0 Å². The normalized spacial score (nSPS) is 30.3. The molecule has 1 aromatic rings. The molecule has 2 heteroatoms. The minimum absolute atomic E-state index is 0.0176. The molecule has 0 saturated heterocycles. The summed E-state index contributed by atoms with van der Waals surface area (Å²) in [7, 11) is 0. The molecule has 1 fully saturated rings. The third kappa shape index (κ3) is 2.27. The molecule has 0 aliphatic heterocycles. The SMILES string of the molecule is CCc1cccc(C2(F)CCCC(N)C2)c1. The van der Waals surface area contributed by atoms with Crippen LogP contribution in [0.15, 0.2) is 24.3 Å². The Balaban J connectivity index is 2.27. The molecule has 1 nitrogen and oxygen atoms in total. The minimum Gasteiger partial charge on any atom is -0.328 e. The summed E-state index contributed by atoms with van der Waals surface area (Å²) < 4.78 is 14.8. The summed E-state index contributed by atoms with van der Waals surface area (Å²) in [6.07, 6.45) is 3.90. The maximum Gasteiger partial charge on any atom is 0.137 e. The standard InChI is InChI=1S/C14H20FN/c1-2-11-5-3-6-12(9-11)14(15)8-4-7-13(16)10-14/h3,5-6,9,13H,2,4,7-8,10,16H2,1H3. The van der Waals surface area contributed by atoms with Gasteiger partial charge in [0, 0.05) is 12.5 Å². The van der Waals surface area contributed by atoms with Crippen LogP contribution in [0.3, 0.4) is 0 Å². The number of rotatable bonds is 2. The van der Waals surface area contributed by atoms with E-state index in [1.807, 2.05) is 18.2 Å². The van der Waals surface area contributed by atoms with Crippen LogP contribution < -0.4 is 5.73 Å². The van der Waals surface area contributed by atoms with Gasteiger partial charge in [0.1, 0.15) is 5.67 Å². The highest BCUT2D eigenvalue weighted by Gasteiger charge is 2.36. The van der Waals surface area contributed by atoms with Crippen molar-refractivity contribution in [2.75, 3.05) is 0 Å². The number of benzene rings is 1. The summed E-state index contributed by atoms with van der Waals surface area (Å²) in [5.41, 5.74) is 6.71. The lowest BCUT2D eigenvalue weighted by molar-refractivity contribution is 0.0947. The fourth-order valence-corrected chi connectivity index (χ4v) is 2.60. The van der Waals surface area contributed by atoms with Gasteiger partial charge in [0.05, 0.1) is 0 Å². The zero-order valence-corrected chi connectivity index (χ0v) is 9.88. The highest BCUT2D eigenvalue weighted by Crippen LogP contribution is 2.40. The van der Waals surface area contributed by atoms with Crippen LogP contribution >= 0.6 is 0 Å². The van der Waals surface area contributed by atoms with Gasteiger partial charge in [-0.25, -0.2) is 4.39 Å². The Bertz CT molecular complexity index is 364. The lowest BCUT2D eigenvalue weighted by Crippen LogP contribution is -2.36. The van der Waals surface area contributed by atoms with Gasteiger partial charge in [-0.2, -0.15) is 0 Å². The first-order valence-corrected chi connectivity index (χ1v) is 6.18. The van der Waals surface area contributed by atoms with E-state index in [9.17, 15) is 4.39 Å². The molecule has 1 saturated carbocycles. The molecule has 0 heterocycles. The molecular formula is C14H20FN. The Morgan fingerprint density at radius 1 is 1.50 bits per heavy atom. The molecule has 0 spiro atoms. The van der Waals surface area contributed by atoms with Crippen molar-refractivity contribution in [3.63, 3.8) is 0 Å². The molecule has 1 aliphatic rings. The number of aryl methyl sites for hydroxylation is 1. The van der Waals surface area contributed by atoms with Gasteiger partial charge in [-0.1, -0.05) is 31.2 Å². The molecule has 0 radical (unpaired) electrons. The van der Waals surface area contributed by atoms with Crippen LogP contribution in [0.2, 0.25) is 0 Å². The Kier molecular flexibility index (Phi) is 3.29. The number of nitrogens with two attached hydrogens (primary N) is 1. The van der Waals surface area contributed by atoms with E-state index in [4.69, 9.17) is 5.73 Å². The second kappa shape index (κ2) is 4.54. The molecule has 16 heavy (non-hydrogen) atoms. The fraction of sp³-hybridized carbons (Fsp3) is 0.571. The molecule has 2 N–H and O–H groups in total. The molecule has 0 bridgehead atoms. The van der Waals surface area contributed by atoms with Crippen LogP contribution in [-0.4, -0.2) is 6.04 Å². The molecule has 2 atom stereocenters. The molecule has 0 aromatic heterocycles. The zero-order chi connectivity index (χ0) is 11.6. The third-order valence-corrected chi connectivity index (χ3v) is 3.59. The second-order valence-corrected chi connectivity index (χ2v) is 4.88. The predicted octanol–water partition coefficient (Wildman–Crippen LogP) is 3.32. The lowest BCUT2D eigenvalue weighted by atomic mass is 9.78. The van der Waals surface area contributed by atoms with Crippen molar-refractivity contribution in [2.45, 2.75) is 50.7 Å². The molecule has 2 unspecified atom stereocenters. The number of alkyl halides is 1. The maximum atomic E-state index is 14.8. The largest absolute Gasteiger partial charge is 0.328 e. The average molecular weight is 221 g/mol. The molecule has 0 amide bonds. The van der Waals surface area contributed by atoms with Crippen LogP contribution in [0, 0.1) is 0 Å². The van der Waals surface area contributed by atoms with Crippen LogP contribution in [0.25, 0.3) is 0 Å². The number of hydrogen-bond donors (Lipinski definition) is 1. The fourth-order valence-electron chi connectivity index (χ4n) is 2.60. The first-order chi connectivity index (χ1) is 7.64. The molecule has 2 rings (SSSR count). The van der Waals surface area contributed by atoms with Gasteiger partial charge in [0.25, 0.3) is 0 Å². The van der Waals surface area contributed by atoms with Gasteiger partial charge in [-0.05, 0) is 36.8 Å². The molecule has 88 valence electrons. The van der Waals surface area contributed by atoms with E-state index in [-0.39, 0.29) is 6.04 Å². The van der Waals surface area contributed by atoms with Gasteiger partial charge < -0.3 is 5.73 Å². The summed E-state index contributed by atoms with van der Waals surface area (Å²) in [5.74, 6) is 0. The van der Waals surface area contributed by atoms with Gasteiger partial charge in [0.2, 0.25) is 0 Å². The van der Waals surface area contributed by atoms with Crippen LogP contribution in [0.1, 0.15) is 43.7 Å². The van der Waals surface area contributed by atoms with Crippen molar-refractivity contribution in [3.8, 4) is 0 Å². The Morgan fingerprint density at radius 3 is 3.00 bits per heavy atom. The van der Waals surface area contributed by atoms with E-state index in [0.29, 0.717) is 12.8 Å². The first-order valence-electron chi connectivity index (χ1n) is 6.18. The Hall–Kier alpha value is -0.890. The van der Waals surface area contributed by atoms with E-state index in [2.05, 4.69) is 13.0 Å². The van der Waals surface area contributed by atoms with Crippen LogP contribution in [0.5, 0.6) is 0 Å². The van der Waals surface area contributed by atoms with Crippen molar-refractivity contribution in [3.05, 3.63) is 35.4 Å². The second-order valence-electron chi connectivity index (χ2n) is 4.88. The van der Waals surface area contributed by atoms with E-state index >= 15 is 0 Å². The maximum absolute atomic E-state index is 14.8. The topological polar surface area (TPSA) is 26.0 Å². The Morgan fingerprint density at radius 2 is 2.31 bits per heavy atom. The van der Waals surface area contributed by atoms with Crippen molar-refractivity contribution < 1.29 is 4.39 Å². The lowest BCUT2D eigenvalue weighted by Gasteiger charge is -2.33. The monoisotopic (exact) mass is 221 g/mol. The van der Waals surface area contributed by atoms with Crippen LogP contribution in [-0.2, 0) is 12.1 Å². The summed E-state index contributed by atoms with van der Waals surface area (Å²) in [4.78, 5) is 0. The summed E-state index contributed by atoms with van der Waals surface area (Å²) in [6, 6.07) is 7.92. The van der Waals surface area contributed by atoms with E-state index in [1.165, 1.54) is 5.56 Å². The van der Waals surface area contributed by atoms with E-state index < -0.39 is 5.67 Å². The predicted molar refractivity (Wildman–Crippen MR) is 65.0 cm³/mol. The van der Waals surface area contributed by atoms with Gasteiger partial charge in [-0.3, -0.25) is 0 Å². The zero-order valence-electron chi connectivity index (χ0n) is 9.88. The van der Waals surface area contributed by atoms with Gasteiger partial charge in [-0.15, -0.1) is 0 Å². The van der Waals surface area contributed by atoms with Crippen LogP contribution in [0.4, 0.5) is 4.39 Å². The summed E-state index contributed by atoms with van der Waals surface area (Å²) >= 11 is 0. The highest BCUT2D eigenvalue weighted by molar-refractivity contribution is 5.29. The molecular weight excluding hydrogens is 201 g/mol. The Labute approximate surface area is 96.9 Å². The average Bonchev–Trinajstić information content (AvgIpc) is 2.29. The van der Waals surface area contributed by atoms with E-state index in [1.54, 1.807) is 0 Å². The van der Waals surface area contributed by atoms with E-state index in [0.717, 1.165) is 24.8 Å². The molecule has 1 aliphatic carbocycles. The quantitative estimate of drug-likeness (QED) is 0.814. The highest BCUT2D eigenvalue weighted by atomic mass is 19.1.